The first-order valence-electron chi connectivity index (χ1n) is 6.51. The summed E-state index contributed by atoms with van der Waals surface area (Å²) in [7, 11) is 0. The van der Waals surface area contributed by atoms with Crippen LogP contribution in [0.2, 0.25) is 0 Å². The third-order valence-electron chi connectivity index (χ3n) is 2.95. The minimum atomic E-state index is -0.336. The van der Waals surface area contributed by atoms with Gasteiger partial charge in [0.1, 0.15) is 17.4 Å². The van der Waals surface area contributed by atoms with E-state index in [-0.39, 0.29) is 11.6 Å². The normalized spacial score (nSPS) is 10.4. The fourth-order valence-electron chi connectivity index (χ4n) is 1.93. The Labute approximate surface area is 117 Å². The molecule has 20 heavy (non-hydrogen) atoms. The molecule has 2 aromatic rings. The van der Waals surface area contributed by atoms with Gasteiger partial charge in [-0.1, -0.05) is 12.1 Å². The van der Waals surface area contributed by atoms with Crippen LogP contribution in [0.3, 0.4) is 0 Å². The second kappa shape index (κ2) is 6.37. The molecule has 2 rings (SSSR count). The molecule has 106 valence electrons. The van der Waals surface area contributed by atoms with E-state index in [9.17, 15) is 8.78 Å². The zero-order valence-electron chi connectivity index (χ0n) is 11.5. The van der Waals surface area contributed by atoms with Crippen LogP contribution in [0.25, 0.3) is 0 Å². The number of halogens is 2. The smallest absolute Gasteiger partial charge is 0.145 e. The van der Waals surface area contributed by atoms with Gasteiger partial charge in [0.05, 0.1) is 12.3 Å². The lowest BCUT2D eigenvalue weighted by Gasteiger charge is -2.13. The lowest BCUT2D eigenvalue weighted by Crippen LogP contribution is -2.03. The predicted molar refractivity (Wildman–Crippen MR) is 76.0 cm³/mol. The second-order valence-corrected chi connectivity index (χ2v) is 4.51. The molecule has 1 N–H and O–H groups in total. The minimum Gasteiger partial charge on any atom is -0.492 e. The van der Waals surface area contributed by atoms with Gasteiger partial charge in [-0.3, -0.25) is 0 Å². The molecule has 0 radical (unpaired) electrons. The van der Waals surface area contributed by atoms with E-state index in [0.29, 0.717) is 24.5 Å². The Balaban J connectivity index is 2.11. The van der Waals surface area contributed by atoms with E-state index in [0.717, 1.165) is 11.3 Å². The minimum absolute atomic E-state index is 0.217. The molecule has 2 nitrogen and oxygen atoms in total. The lowest BCUT2D eigenvalue weighted by molar-refractivity contribution is 0.340. The monoisotopic (exact) mass is 277 g/mol. The quantitative estimate of drug-likeness (QED) is 0.880. The van der Waals surface area contributed by atoms with E-state index >= 15 is 0 Å². The summed E-state index contributed by atoms with van der Waals surface area (Å²) in [5, 5.41) is 3.17. The molecule has 4 heteroatoms. The van der Waals surface area contributed by atoms with Gasteiger partial charge < -0.3 is 10.1 Å². The molecule has 0 spiro atoms. The Bertz CT molecular complexity index is 599. The molecule has 0 amide bonds. The van der Waals surface area contributed by atoms with Gasteiger partial charge in [0.2, 0.25) is 0 Å². The van der Waals surface area contributed by atoms with Crippen molar-refractivity contribution < 1.29 is 13.5 Å². The van der Waals surface area contributed by atoms with Gasteiger partial charge in [-0.15, -0.1) is 0 Å². The van der Waals surface area contributed by atoms with Gasteiger partial charge >= 0.3 is 0 Å². The van der Waals surface area contributed by atoms with Crippen LogP contribution in [0.4, 0.5) is 14.5 Å². The van der Waals surface area contributed by atoms with Crippen LogP contribution < -0.4 is 10.1 Å². The predicted octanol–water partition coefficient (Wildman–Crippen LogP) is 4.28. The number of hydrogen-bond donors (Lipinski definition) is 1. The molecule has 0 bridgehead atoms. The van der Waals surface area contributed by atoms with Crippen molar-refractivity contribution >= 4 is 5.69 Å². The zero-order valence-corrected chi connectivity index (χ0v) is 11.5. The second-order valence-electron chi connectivity index (χ2n) is 4.51. The molecule has 0 fully saturated rings. The van der Waals surface area contributed by atoms with E-state index in [1.165, 1.54) is 18.2 Å². The first-order valence-corrected chi connectivity index (χ1v) is 6.51. The molecule has 0 saturated carbocycles. The third-order valence-corrected chi connectivity index (χ3v) is 2.95. The van der Waals surface area contributed by atoms with Gasteiger partial charge in [0, 0.05) is 12.6 Å². The average molecular weight is 277 g/mol. The van der Waals surface area contributed by atoms with Crippen LogP contribution in [-0.4, -0.2) is 6.61 Å². The summed E-state index contributed by atoms with van der Waals surface area (Å²) in [5.41, 5.74) is 2.28. The Hall–Kier alpha value is -2.10. The van der Waals surface area contributed by atoms with Crippen molar-refractivity contribution in [2.24, 2.45) is 0 Å². The first kappa shape index (κ1) is 14.3. The van der Waals surface area contributed by atoms with E-state index in [1.807, 2.05) is 6.92 Å². The van der Waals surface area contributed by atoms with Crippen LogP contribution in [-0.2, 0) is 6.54 Å². The molecule has 2 aromatic carbocycles. The average Bonchev–Trinajstić information content (AvgIpc) is 2.42. The summed E-state index contributed by atoms with van der Waals surface area (Å²) >= 11 is 0. The molecule has 0 atom stereocenters. The molecule has 0 saturated heterocycles. The fraction of sp³-hybridized carbons (Fsp3) is 0.250. The number of hydrogen-bond acceptors (Lipinski definition) is 2. The molecule has 0 aromatic heterocycles. The molecule has 0 aliphatic rings. The summed E-state index contributed by atoms with van der Waals surface area (Å²) in [6.07, 6.45) is 0. The van der Waals surface area contributed by atoms with Gasteiger partial charge in [0.25, 0.3) is 0 Å². The largest absolute Gasteiger partial charge is 0.492 e. The van der Waals surface area contributed by atoms with Crippen molar-refractivity contribution in [2.45, 2.75) is 20.4 Å². The van der Waals surface area contributed by atoms with Gasteiger partial charge in [-0.05, 0) is 43.2 Å². The van der Waals surface area contributed by atoms with E-state index < -0.39 is 0 Å². The van der Waals surface area contributed by atoms with Crippen LogP contribution in [0.5, 0.6) is 5.75 Å². The van der Waals surface area contributed by atoms with Crippen molar-refractivity contribution in [1.82, 2.24) is 0 Å². The number of nitrogens with one attached hydrogen (secondary N) is 1. The highest BCUT2D eigenvalue weighted by Gasteiger charge is 2.05. The Morgan fingerprint density at radius 2 is 1.90 bits per heavy atom. The van der Waals surface area contributed by atoms with Crippen LogP contribution in [0.1, 0.15) is 18.1 Å². The maximum absolute atomic E-state index is 13.2. The van der Waals surface area contributed by atoms with Crippen molar-refractivity contribution in [3.8, 4) is 5.75 Å². The summed E-state index contributed by atoms with van der Waals surface area (Å²) < 4.78 is 31.8. The highest BCUT2D eigenvalue weighted by Crippen LogP contribution is 2.26. The summed E-state index contributed by atoms with van der Waals surface area (Å²) in [6.45, 7) is 4.56. The maximum atomic E-state index is 13.2. The molecule has 0 aliphatic carbocycles. The number of benzene rings is 2. The van der Waals surface area contributed by atoms with E-state index in [2.05, 4.69) is 5.32 Å². The fourth-order valence-corrected chi connectivity index (χ4v) is 1.93. The van der Waals surface area contributed by atoms with Crippen LogP contribution >= 0.6 is 0 Å². The molecule has 0 aliphatic heterocycles. The molecule has 0 heterocycles. The van der Waals surface area contributed by atoms with Crippen molar-refractivity contribution in [2.75, 3.05) is 11.9 Å². The van der Waals surface area contributed by atoms with Gasteiger partial charge in [-0.25, -0.2) is 8.78 Å². The summed E-state index contributed by atoms with van der Waals surface area (Å²) in [5.74, 6) is -0.0755. The SMILES string of the molecule is CCOc1cc(F)ccc1NCc1ccc(F)c(C)c1. The van der Waals surface area contributed by atoms with Crippen molar-refractivity contribution in [1.29, 1.82) is 0 Å². The van der Waals surface area contributed by atoms with Crippen molar-refractivity contribution in [3.63, 3.8) is 0 Å². The zero-order chi connectivity index (χ0) is 14.5. The van der Waals surface area contributed by atoms with E-state index in [1.54, 1.807) is 25.1 Å². The highest BCUT2D eigenvalue weighted by atomic mass is 19.1. The maximum Gasteiger partial charge on any atom is 0.145 e. The number of ether oxygens (including phenoxy) is 1. The number of rotatable bonds is 5. The van der Waals surface area contributed by atoms with Crippen LogP contribution in [0.15, 0.2) is 36.4 Å². The highest BCUT2D eigenvalue weighted by molar-refractivity contribution is 5.56. The Morgan fingerprint density at radius 3 is 2.60 bits per heavy atom. The van der Waals surface area contributed by atoms with Gasteiger partial charge in [-0.2, -0.15) is 0 Å². The number of anilines is 1. The summed E-state index contributed by atoms with van der Waals surface area (Å²) in [6, 6.07) is 9.31. The summed E-state index contributed by atoms with van der Waals surface area (Å²) in [4.78, 5) is 0. The Morgan fingerprint density at radius 1 is 1.10 bits per heavy atom. The Kier molecular flexibility index (Phi) is 4.56. The third kappa shape index (κ3) is 3.47. The van der Waals surface area contributed by atoms with Crippen LogP contribution in [0, 0.1) is 18.6 Å². The van der Waals surface area contributed by atoms with Crippen molar-refractivity contribution in [3.05, 3.63) is 59.2 Å². The first-order chi connectivity index (χ1) is 9.60. The standard InChI is InChI=1S/C16H17F2NO/c1-3-20-16-9-13(17)5-7-15(16)19-10-12-4-6-14(18)11(2)8-12/h4-9,19H,3,10H2,1-2H3. The van der Waals surface area contributed by atoms with Gasteiger partial charge in [0.15, 0.2) is 0 Å². The molecule has 0 unspecified atom stereocenters. The molecular formula is C16H17F2NO. The number of aryl methyl sites for hydroxylation is 1. The lowest BCUT2D eigenvalue weighted by atomic mass is 10.1. The van der Waals surface area contributed by atoms with E-state index in [4.69, 9.17) is 4.74 Å². The molecular weight excluding hydrogens is 260 g/mol. The topological polar surface area (TPSA) is 21.3 Å².